The number of ether oxygens (including phenoxy) is 2. The van der Waals surface area contributed by atoms with Crippen LogP contribution in [0.2, 0.25) is 0 Å². The van der Waals surface area contributed by atoms with Crippen molar-refractivity contribution >= 4 is 72.4 Å². The number of nitrogens with zero attached hydrogens (tertiary/aromatic N) is 4. The van der Waals surface area contributed by atoms with Gasteiger partial charge in [0.05, 0.1) is 40.3 Å². The van der Waals surface area contributed by atoms with E-state index < -0.39 is 0 Å². The third-order valence-electron chi connectivity index (χ3n) is 10.5. The predicted octanol–water partition coefficient (Wildman–Crippen LogP) is 9.03. The van der Waals surface area contributed by atoms with E-state index in [1.165, 1.54) is 0 Å². The van der Waals surface area contributed by atoms with Crippen LogP contribution in [0.5, 0.6) is 23.0 Å². The molecule has 0 fully saturated rings. The van der Waals surface area contributed by atoms with Crippen molar-refractivity contribution in [2.75, 3.05) is 0 Å². The lowest BCUT2D eigenvalue weighted by Gasteiger charge is -2.33. The van der Waals surface area contributed by atoms with Gasteiger partial charge in [0.1, 0.15) is 23.0 Å². The third-order valence-corrected chi connectivity index (χ3v) is 10.5. The van der Waals surface area contributed by atoms with E-state index in [1.54, 1.807) is 0 Å². The summed E-state index contributed by atoms with van der Waals surface area (Å²) < 4.78 is 17.9. The fourth-order valence-electron chi connectivity index (χ4n) is 8.31. The maximum Gasteiger partial charge on any atom is 0.260 e. The SMILES string of the molecule is [C-]#[N+]c1ccc2c(c1)c1ccccc1n2-c1ccc2c(c1)Oc1cccc3c1B2c1ccc(-n2c4ccccc4c4cc(C#N)ccc42)cc1O3. The van der Waals surface area contributed by atoms with Gasteiger partial charge in [-0.25, -0.2) is 4.85 Å². The van der Waals surface area contributed by atoms with Gasteiger partial charge in [-0.15, -0.1) is 0 Å². The van der Waals surface area contributed by atoms with Crippen LogP contribution in [0.15, 0.2) is 140 Å². The van der Waals surface area contributed by atoms with Crippen LogP contribution in [-0.4, -0.2) is 15.8 Å². The van der Waals surface area contributed by atoms with Gasteiger partial charge in [0.2, 0.25) is 0 Å². The summed E-state index contributed by atoms with van der Waals surface area (Å²) in [5.74, 6) is 3.18. The minimum absolute atomic E-state index is 0.0810. The summed E-state index contributed by atoms with van der Waals surface area (Å²) in [4.78, 5) is 3.69. The van der Waals surface area contributed by atoms with Crippen LogP contribution in [0.4, 0.5) is 5.69 Å². The molecule has 0 unspecified atom stereocenters. The Labute approximate surface area is 292 Å². The molecule has 0 bridgehead atoms. The molecule has 0 atom stereocenters. The van der Waals surface area contributed by atoms with E-state index in [0.29, 0.717) is 11.3 Å². The molecule has 0 N–H and O–H groups in total. The second-order valence-electron chi connectivity index (χ2n) is 13.1. The van der Waals surface area contributed by atoms with E-state index in [1.807, 2.05) is 72.8 Å². The van der Waals surface area contributed by atoms with Crippen molar-refractivity contribution in [2.24, 2.45) is 0 Å². The molecule has 0 spiro atoms. The Bertz CT molecular complexity index is 2880. The summed E-state index contributed by atoms with van der Waals surface area (Å²) >= 11 is 0. The molecule has 2 aromatic heterocycles. The maximum absolute atomic E-state index is 9.62. The lowest BCUT2D eigenvalue weighted by atomic mass is 9.35. The second-order valence-corrected chi connectivity index (χ2v) is 13.1. The van der Waals surface area contributed by atoms with E-state index in [9.17, 15) is 5.26 Å². The van der Waals surface area contributed by atoms with Gasteiger partial charge in [-0.1, -0.05) is 60.7 Å². The highest BCUT2D eigenvalue weighted by Gasteiger charge is 2.40. The monoisotopic (exact) mass is 650 g/mol. The number of nitriles is 1. The van der Waals surface area contributed by atoms with Crippen molar-refractivity contribution in [3.8, 4) is 40.4 Å². The molecule has 0 saturated carbocycles. The van der Waals surface area contributed by atoms with Gasteiger partial charge in [0, 0.05) is 45.1 Å². The van der Waals surface area contributed by atoms with Gasteiger partial charge in [-0.05, 0) is 83.0 Å². The first kappa shape index (κ1) is 27.7. The van der Waals surface area contributed by atoms with Gasteiger partial charge in [0.15, 0.2) is 5.69 Å². The molecule has 2 aliphatic rings. The molecule has 7 aromatic carbocycles. The van der Waals surface area contributed by atoms with Gasteiger partial charge in [-0.2, -0.15) is 5.26 Å². The predicted molar refractivity (Wildman–Crippen MR) is 204 cm³/mol. The molecule has 234 valence electrons. The van der Waals surface area contributed by atoms with Gasteiger partial charge in [0.25, 0.3) is 6.71 Å². The van der Waals surface area contributed by atoms with Crippen LogP contribution in [-0.2, 0) is 0 Å². The van der Waals surface area contributed by atoms with Crippen LogP contribution in [0.1, 0.15) is 5.56 Å². The Kier molecular flexibility index (Phi) is 5.51. The molecule has 0 radical (unpaired) electrons. The number of aromatic nitrogens is 2. The Balaban J connectivity index is 1.09. The van der Waals surface area contributed by atoms with Crippen LogP contribution in [0.3, 0.4) is 0 Å². The van der Waals surface area contributed by atoms with Crippen LogP contribution >= 0.6 is 0 Å². The van der Waals surface area contributed by atoms with Crippen molar-refractivity contribution in [2.45, 2.75) is 0 Å². The van der Waals surface area contributed by atoms with E-state index in [2.05, 4.69) is 86.8 Å². The van der Waals surface area contributed by atoms with E-state index in [-0.39, 0.29) is 6.71 Å². The Hall–Kier alpha value is -7.22. The molecule has 51 heavy (non-hydrogen) atoms. The fourth-order valence-corrected chi connectivity index (χ4v) is 8.31. The third kappa shape index (κ3) is 3.80. The van der Waals surface area contributed by atoms with Gasteiger partial charge < -0.3 is 18.6 Å². The zero-order valence-corrected chi connectivity index (χ0v) is 27.0. The molecule has 0 amide bonds. The lowest BCUT2D eigenvalue weighted by Crippen LogP contribution is -2.57. The van der Waals surface area contributed by atoms with E-state index >= 15 is 0 Å². The molecule has 0 aliphatic carbocycles. The van der Waals surface area contributed by atoms with Crippen molar-refractivity contribution in [3.63, 3.8) is 0 Å². The van der Waals surface area contributed by atoms with Crippen molar-refractivity contribution in [3.05, 3.63) is 157 Å². The molecule has 9 aromatic rings. The summed E-state index contributed by atoms with van der Waals surface area (Å²) in [7, 11) is 0. The highest BCUT2D eigenvalue weighted by Crippen LogP contribution is 2.39. The normalized spacial score (nSPS) is 12.5. The first-order valence-electron chi connectivity index (χ1n) is 16.8. The van der Waals surface area contributed by atoms with E-state index in [4.69, 9.17) is 16.0 Å². The summed E-state index contributed by atoms with van der Waals surface area (Å²) in [5, 5.41) is 13.9. The fraction of sp³-hybridized carbons (Fsp3) is 0. The molecular formula is C44H23BN4O2. The number of para-hydroxylation sites is 2. The number of fused-ring (bicyclic) bond motifs is 10. The topological polar surface area (TPSA) is 56.5 Å². The van der Waals surface area contributed by atoms with Crippen LogP contribution in [0, 0.1) is 17.9 Å². The first-order valence-corrected chi connectivity index (χ1v) is 16.8. The van der Waals surface area contributed by atoms with Gasteiger partial charge in [-0.3, -0.25) is 0 Å². The summed E-state index contributed by atoms with van der Waals surface area (Å²) in [6.07, 6.45) is 0. The average Bonchev–Trinajstić information content (AvgIpc) is 3.69. The number of hydrogen-bond donors (Lipinski definition) is 0. The van der Waals surface area contributed by atoms with Crippen molar-refractivity contribution in [1.82, 2.24) is 9.13 Å². The molecular weight excluding hydrogens is 627 g/mol. The molecule has 4 heterocycles. The Morgan fingerprint density at radius 3 is 1.67 bits per heavy atom. The summed E-state index contributed by atoms with van der Waals surface area (Å²) in [5.41, 5.74) is 10.6. The minimum atomic E-state index is -0.0810. The van der Waals surface area contributed by atoms with Crippen LogP contribution < -0.4 is 25.9 Å². The number of rotatable bonds is 2. The van der Waals surface area contributed by atoms with Crippen LogP contribution in [0.25, 0.3) is 59.8 Å². The Morgan fingerprint density at radius 2 is 1.08 bits per heavy atom. The second kappa shape index (κ2) is 10.2. The molecule has 11 rings (SSSR count). The molecule has 2 aliphatic heterocycles. The van der Waals surface area contributed by atoms with Gasteiger partial charge >= 0.3 is 0 Å². The quantitative estimate of drug-likeness (QED) is 0.139. The zero-order valence-electron chi connectivity index (χ0n) is 27.0. The maximum atomic E-state index is 9.62. The van der Waals surface area contributed by atoms with Crippen molar-refractivity contribution < 1.29 is 9.47 Å². The van der Waals surface area contributed by atoms with E-state index in [0.717, 1.165) is 94.4 Å². The average molecular weight is 651 g/mol. The lowest BCUT2D eigenvalue weighted by molar-refractivity contribution is 0.464. The highest BCUT2D eigenvalue weighted by molar-refractivity contribution is 6.98. The zero-order chi connectivity index (χ0) is 33.8. The summed E-state index contributed by atoms with van der Waals surface area (Å²) in [6, 6.07) is 49.7. The number of benzene rings is 7. The first-order chi connectivity index (χ1) is 25.2. The van der Waals surface area contributed by atoms with Crippen molar-refractivity contribution in [1.29, 1.82) is 5.26 Å². The highest BCUT2D eigenvalue weighted by atomic mass is 16.5. The molecule has 6 nitrogen and oxygen atoms in total. The summed E-state index contributed by atoms with van der Waals surface area (Å²) in [6.45, 7) is 7.50. The Morgan fingerprint density at radius 1 is 0.529 bits per heavy atom. The minimum Gasteiger partial charge on any atom is -0.458 e. The molecule has 7 heteroatoms. The molecule has 0 saturated heterocycles. The number of hydrogen-bond acceptors (Lipinski definition) is 3. The largest absolute Gasteiger partial charge is 0.458 e. The standard InChI is InChI=1S/C44H23BN4O2/c1-47-27-14-20-39-33(22-27)31-8-3-5-10-37(31)49(39)29-16-18-35-43(24-29)51-41-12-6-11-40-44(41)45(35)34-17-15-28(23-42(34)50-40)48-36-9-4-2-7-30(36)32-21-26(25-46)13-19-38(32)48/h2-24H. The smallest absolute Gasteiger partial charge is 0.260 e.